The van der Waals surface area contributed by atoms with Crippen molar-refractivity contribution in [2.75, 3.05) is 11.9 Å². The number of rotatable bonds is 4. The first-order valence-corrected chi connectivity index (χ1v) is 8.35. The van der Waals surface area contributed by atoms with Gasteiger partial charge in [0, 0.05) is 29.6 Å². The van der Waals surface area contributed by atoms with Gasteiger partial charge in [-0.3, -0.25) is 10.1 Å². The summed E-state index contributed by atoms with van der Waals surface area (Å²) in [6, 6.07) is 14.3. The third-order valence-electron chi connectivity index (χ3n) is 4.36. The van der Waals surface area contributed by atoms with Crippen molar-refractivity contribution in [3.63, 3.8) is 0 Å². The number of hydrogen-bond acceptors (Lipinski definition) is 4. The lowest BCUT2D eigenvalue weighted by Gasteiger charge is -2.07. The lowest BCUT2D eigenvalue weighted by Crippen LogP contribution is -2.07. The van der Waals surface area contributed by atoms with Crippen molar-refractivity contribution in [1.29, 1.82) is 0 Å². The highest BCUT2D eigenvalue weighted by Gasteiger charge is 2.26. The number of halogens is 1. The molecule has 1 aliphatic rings. The van der Waals surface area contributed by atoms with Crippen molar-refractivity contribution < 1.29 is 4.92 Å². The van der Waals surface area contributed by atoms with Crippen LogP contribution >= 0.6 is 11.6 Å². The van der Waals surface area contributed by atoms with E-state index in [9.17, 15) is 10.1 Å². The van der Waals surface area contributed by atoms with Crippen LogP contribution in [0.5, 0.6) is 0 Å². The van der Waals surface area contributed by atoms with Gasteiger partial charge in [-0.25, -0.2) is 4.68 Å². The zero-order valence-corrected chi connectivity index (χ0v) is 14.0. The van der Waals surface area contributed by atoms with Crippen LogP contribution in [0.15, 0.2) is 48.5 Å². The van der Waals surface area contributed by atoms with Crippen molar-refractivity contribution in [2.45, 2.75) is 12.8 Å². The average Bonchev–Trinajstić information content (AvgIpc) is 3.20. The number of anilines is 1. The molecular formula is C18H15ClN4O2. The fourth-order valence-electron chi connectivity index (χ4n) is 3.18. The average molecular weight is 355 g/mol. The molecule has 0 saturated carbocycles. The summed E-state index contributed by atoms with van der Waals surface area (Å²) < 4.78 is 1.65. The van der Waals surface area contributed by atoms with Gasteiger partial charge in [-0.1, -0.05) is 41.9 Å². The topological polar surface area (TPSA) is 73.0 Å². The SMILES string of the molecule is O=[N+]([O-])c1ccccc1-n1nc(Cc2ccccc2Cl)c2c1NCC2. The number of aromatic nitrogens is 2. The summed E-state index contributed by atoms with van der Waals surface area (Å²) in [5, 5.41) is 20.0. The van der Waals surface area contributed by atoms with Crippen LogP contribution in [0.1, 0.15) is 16.8 Å². The molecule has 0 spiro atoms. The zero-order chi connectivity index (χ0) is 17.4. The second kappa shape index (κ2) is 6.22. The summed E-state index contributed by atoms with van der Waals surface area (Å²) in [7, 11) is 0. The fourth-order valence-corrected chi connectivity index (χ4v) is 3.38. The summed E-state index contributed by atoms with van der Waals surface area (Å²) >= 11 is 6.28. The van der Waals surface area contributed by atoms with E-state index in [0.717, 1.165) is 35.6 Å². The minimum absolute atomic E-state index is 0.0331. The van der Waals surface area contributed by atoms with E-state index in [1.807, 2.05) is 24.3 Å². The van der Waals surface area contributed by atoms with Gasteiger partial charge in [0.05, 0.1) is 10.6 Å². The Labute approximate surface area is 149 Å². The van der Waals surface area contributed by atoms with Crippen molar-refractivity contribution in [1.82, 2.24) is 9.78 Å². The van der Waals surface area contributed by atoms with Crippen LogP contribution < -0.4 is 5.32 Å². The highest BCUT2D eigenvalue weighted by molar-refractivity contribution is 6.31. The van der Waals surface area contributed by atoms with E-state index in [0.29, 0.717) is 17.1 Å². The molecule has 2 heterocycles. The largest absolute Gasteiger partial charge is 0.369 e. The Morgan fingerprint density at radius 1 is 1.20 bits per heavy atom. The van der Waals surface area contributed by atoms with Gasteiger partial charge >= 0.3 is 0 Å². The van der Waals surface area contributed by atoms with Crippen molar-refractivity contribution in [3.8, 4) is 5.69 Å². The van der Waals surface area contributed by atoms with Gasteiger partial charge in [0.1, 0.15) is 11.5 Å². The Bertz CT molecular complexity index is 967. The second-order valence-corrected chi connectivity index (χ2v) is 6.28. The Morgan fingerprint density at radius 2 is 1.96 bits per heavy atom. The standard InChI is InChI=1S/C18H15ClN4O2/c19-14-6-2-1-5-12(14)11-15-13-9-10-20-18(13)22(21-15)16-7-3-4-8-17(16)23(24)25/h1-8,20H,9-11H2. The highest BCUT2D eigenvalue weighted by atomic mass is 35.5. The van der Waals surface area contributed by atoms with Crippen LogP contribution in [-0.2, 0) is 12.8 Å². The quantitative estimate of drug-likeness (QED) is 0.568. The number of nitro benzene ring substituents is 1. The summed E-state index contributed by atoms with van der Waals surface area (Å²) in [6.45, 7) is 0.795. The summed E-state index contributed by atoms with van der Waals surface area (Å²) in [5.41, 5.74) is 3.48. The van der Waals surface area contributed by atoms with E-state index < -0.39 is 0 Å². The lowest BCUT2D eigenvalue weighted by atomic mass is 10.1. The van der Waals surface area contributed by atoms with Crippen LogP contribution in [-0.4, -0.2) is 21.2 Å². The Kier molecular flexibility index (Phi) is 3.89. The molecule has 3 aromatic rings. The minimum atomic E-state index is -0.383. The maximum absolute atomic E-state index is 11.4. The van der Waals surface area contributed by atoms with Crippen molar-refractivity contribution >= 4 is 23.1 Å². The maximum Gasteiger partial charge on any atom is 0.294 e. The summed E-state index contributed by atoms with van der Waals surface area (Å²) in [6.07, 6.45) is 1.44. The maximum atomic E-state index is 11.4. The number of fused-ring (bicyclic) bond motifs is 1. The molecule has 4 rings (SSSR count). The van der Waals surface area contributed by atoms with E-state index in [1.54, 1.807) is 22.9 Å². The molecule has 0 atom stereocenters. The molecule has 0 radical (unpaired) electrons. The van der Waals surface area contributed by atoms with Gasteiger partial charge in [0.25, 0.3) is 5.69 Å². The van der Waals surface area contributed by atoms with Crippen LogP contribution in [0.25, 0.3) is 5.69 Å². The molecule has 7 heteroatoms. The van der Waals surface area contributed by atoms with E-state index in [-0.39, 0.29) is 10.6 Å². The highest BCUT2D eigenvalue weighted by Crippen LogP contribution is 2.33. The van der Waals surface area contributed by atoms with Gasteiger partial charge in [-0.2, -0.15) is 5.10 Å². The number of hydrogen-bond donors (Lipinski definition) is 1. The van der Waals surface area contributed by atoms with E-state index in [4.69, 9.17) is 11.6 Å². The summed E-state index contributed by atoms with van der Waals surface area (Å²) in [5.74, 6) is 0.830. The first-order valence-electron chi connectivity index (χ1n) is 7.97. The normalized spacial score (nSPS) is 12.7. The molecule has 0 unspecified atom stereocenters. The number of nitrogens with one attached hydrogen (secondary N) is 1. The van der Waals surface area contributed by atoms with E-state index in [1.165, 1.54) is 6.07 Å². The smallest absolute Gasteiger partial charge is 0.294 e. The molecule has 1 aromatic heterocycles. The molecule has 25 heavy (non-hydrogen) atoms. The van der Waals surface area contributed by atoms with Crippen LogP contribution in [0.3, 0.4) is 0 Å². The van der Waals surface area contributed by atoms with Crippen LogP contribution in [0, 0.1) is 10.1 Å². The van der Waals surface area contributed by atoms with E-state index in [2.05, 4.69) is 10.4 Å². The molecule has 0 aliphatic carbocycles. The molecule has 0 bridgehead atoms. The molecule has 1 N–H and O–H groups in total. The minimum Gasteiger partial charge on any atom is -0.369 e. The molecule has 2 aromatic carbocycles. The fraction of sp³-hybridized carbons (Fsp3) is 0.167. The third-order valence-corrected chi connectivity index (χ3v) is 4.73. The van der Waals surface area contributed by atoms with Crippen LogP contribution in [0.4, 0.5) is 11.5 Å². The molecule has 1 aliphatic heterocycles. The van der Waals surface area contributed by atoms with Crippen molar-refractivity contribution in [2.24, 2.45) is 0 Å². The van der Waals surface area contributed by atoms with Crippen LogP contribution in [0.2, 0.25) is 5.02 Å². The number of nitrogens with zero attached hydrogens (tertiary/aromatic N) is 3. The lowest BCUT2D eigenvalue weighted by molar-refractivity contribution is -0.384. The molecule has 0 saturated heterocycles. The van der Waals surface area contributed by atoms with E-state index >= 15 is 0 Å². The zero-order valence-electron chi connectivity index (χ0n) is 13.3. The molecule has 126 valence electrons. The number of nitro groups is 1. The Morgan fingerprint density at radius 3 is 2.76 bits per heavy atom. The number of benzene rings is 2. The molecule has 6 nitrogen and oxygen atoms in total. The predicted octanol–water partition coefficient (Wildman–Crippen LogP) is 3.99. The first kappa shape index (κ1) is 15.7. The van der Waals surface area contributed by atoms with Gasteiger partial charge in [0.15, 0.2) is 0 Å². The molecular weight excluding hydrogens is 340 g/mol. The van der Waals surface area contributed by atoms with Gasteiger partial charge in [-0.05, 0) is 24.1 Å². The molecule has 0 amide bonds. The number of para-hydroxylation sites is 2. The monoisotopic (exact) mass is 354 g/mol. The van der Waals surface area contributed by atoms with Gasteiger partial charge < -0.3 is 5.32 Å². The van der Waals surface area contributed by atoms with Gasteiger partial charge in [0.2, 0.25) is 0 Å². The first-order chi connectivity index (χ1) is 12.1. The Balaban J connectivity index is 1.82. The third kappa shape index (κ3) is 2.74. The predicted molar refractivity (Wildman–Crippen MR) is 96.7 cm³/mol. The van der Waals surface area contributed by atoms with Crippen molar-refractivity contribution in [3.05, 3.63) is 80.5 Å². The molecule has 0 fully saturated rings. The van der Waals surface area contributed by atoms with Gasteiger partial charge in [-0.15, -0.1) is 0 Å². The Hall–Kier alpha value is -2.86. The summed E-state index contributed by atoms with van der Waals surface area (Å²) in [4.78, 5) is 11.0. The second-order valence-electron chi connectivity index (χ2n) is 5.88.